The predicted molar refractivity (Wildman–Crippen MR) is 121 cm³/mol. The molecule has 1 unspecified atom stereocenters. The topological polar surface area (TPSA) is 88.2 Å². The van der Waals surface area contributed by atoms with E-state index in [1.807, 2.05) is 11.8 Å². The number of likely N-dealkylation sites (N-methyl/N-ethyl adjacent to an activating group) is 1. The summed E-state index contributed by atoms with van der Waals surface area (Å²) in [6, 6.07) is 0.513. The van der Waals surface area contributed by atoms with Crippen molar-refractivity contribution in [3.63, 3.8) is 0 Å². The first kappa shape index (κ1) is 25.1. The number of amides is 1. The fraction of sp³-hybridized carbons (Fsp3) is 0.875. The maximum atomic E-state index is 12.7. The monoisotopic (exact) mass is 451 g/mol. The first-order valence-electron chi connectivity index (χ1n) is 12.1. The van der Waals surface area contributed by atoms with Gasteiger partial charge in [-0.05, 0) is 72.4 Å². The van der Waals surface area contributed by atoms with Gasteiger partial charge < -0.3 is 19.7 Å². The highest BCUT2D eigenvalue weighted by Gasteiger charge is 2.41. The molecule has 1 amide bonds. The number of carbonyl (C=O) groups is 3. The van der Waals surface area contributed by atoms with E-state index in [0.29, 0.717) is 38.5 Å². The Morgan fingerprint density at radius 1 is 1.16 bits per heavy atom. The van der Waals surface area contributed by atoms with Crippen LogP contribution in [0.15, 0.2) is 0 Å². The molecule has 182 valence electrons. The van der Waals surface area contributed by atoms with E-state index in [2.05, 4.69) is 17.3 Å². The average Bonchev–Trinajstić information content (AvgIpc) is 3.63. The summed E-state index contributed by atoms with van der Waals surface area (Å²) in [5.74, 6) is -1.17. The summed E-state index contributed by atoms with van der Waals surface area (Å²) in [6.07, 6.45) is 6.50. The summed E-state index contributed by atoms with van der Waals surface area (Å²) in [7, 11) is 3.77. The largest absolute Gasteiger partial charge is 0.463 e. The number of carbonyl (C=O) groups excluding carboxylic acids is 3. The molecule has 8 heteroatoms. The highest BCUT2D eigenvalue weighted by molar-refractivity contribution is 5.98. The number of cyclic esters (lactones) is 1. The Morgan fingerprint density at radius 2 is 1.84 bits per heavy atom. The van der Waals surface area contributed by atoms with E-state index in [1.165, 1.54) is 0 Å². The van der Waals surface area contributed by atoms with Crippen LogP contribution in [0.1, 0.15) is 65.2 Å². The first-order chi connectivity index (χ1) is 15.2. The number of methoxy groups -OCH3 is 1. The molecule has 1 aliphatic carbocycles. The molecule has 32 heavy (non-hydrogen) atoms. The van der Waals surface area contributed by atoms with Crippen LogP contribution in [-0.2, 0) is 23.9 Å². The lowest BCUT2D eigenvalue weighted by atomic mass is 9.86. The van der Waals surface area contributed by atoms with Crippen LogP contribution in [0.5, 0.6) is 0 Å². The van der Waals surface area contributed by atoms with E-state index in [4.69, 9.17) is 9.47 Å². The van der Waals surface area contributed by atoms with Crippen LogP contribution >= 0.6 is 0 Å². The van der Waals surface area contributed by atoms with E-state index in [9.17, 15) is 14.4 Å². The second-order valence-corrected chi connectivity index (χ2v) is 10.2. The maximum Gasteiger partial charge on any atom is 0.316 e. The Labute approximate surface area is 192 Å². The van der Waals surface area contributed by atoms with Crippen molar-refractivity contribution in [3.05, 3.63) is 0 Å². The number of hydrogen-bond donors (Lipinski definition) is 1. The predicted octanol–water partition coefficient (Wildman–Crippen LogP) is 1.76. The molecule has 1 N–H and O–H groups in total. The smallest absolute Gasteiger partial charge is 0.316 e. The molecule has 0 radical (unpaired) electrons. The Bertz CT molecular complexity index is 687. The molecule has 8 nitrogen and oxygen atoms in total. The SMILES string of the molecule is CO[C@]1(C)CCCN(C)C2(CCN(C(=O)CNC3CC3)CC2)COC(=O)C(C)C(=O)CC1. The maximum absolute atomic E-state index is 12.7. The molecule has 1 saturated carbocycles. The summed E-state index contributed by atoms with van der Waals surface area (Å²) in [5.41, 5.74) is -0.706. The van der Waals surface area contributed by atoms with Gasteiger partial charge in [0, 0.05) is 32.7 Å². The molecule has 2 heterocycles. The Kier molecular flexibility index (Phi) is 8.33. The molecule has 3 fully saturated rings. The molecular weight excluding hydrogens is 410 g/mol. The fourth-order valence-corrected chi connectivity index (χ4v) is 4.76. The number of esters is 1. The van der Waals surface area contributed by atoms with E-state index in [-0.39, 0.29) is 29.4 Å². The molecule has 3 rings (SSSR count). The molecule has 0 bridgehead atoms. The van der Waals surface area contributed by atoms with Crippen LogP contribution in [0, 0.1) is 5.92 Å². The van der Waals surface area contributed by atoms with Crippen LogP contribution in [-0.4, -0.2) is 91.6 Å². The van der Waals surface area contributed by atoms with Crippen LogP contribution in [0.3, 0.4) is 0 Å². The molecule has 0 aromatic carbocycles. The lowest BCUT2D eigenvalue weighted by Gasteiger charge is -2.47. The number of likely N-dealkylation sites (tertiary alicyclic amines) is 1. The van der Waals surface area contributed by atoms with E-state index in [0.717, 1.165) is 45.1 Å². The number of nitrogens with zero attached hydrogens (tertiary/aromatic N) is 2. The molecule has 1 spiro atoms. The zero-order chi connectivity index (χ0) is 23.4. The Hall–Kier alpha value is -1.51. The van der Waals surface area contributed by atoms with Crippen molar-refractivity contribution in [1.82, 2.24) is 15.1 Å². The summed E-state index contributed by atoms with van der Waals surface area (Å²) >= 11 is 0. The fourth-order valence-electron chi connectivity index (χ4n) is 4.76. The van der Waals surface area contributed by atoms with Crippen molar-refractivity contribution in [2.45, 2.75) is 82.4 Å². The third kappa shape index (κ3) is 6.29. The van der Waals surface area contributed by atoms with Gasteiger partial charge in [0.05, 0.1) is 17.7 Å². The molecule has 0 aromatic heterocycles. The molecule has 3 aliphatic rings. The number of nitrogens with one attached hydrogen (secondary N) is 1. The minimum Gasteiger partial charge on any atom is -0.463 e. The minimum atomic E-state index is -0.769. The standard InChI is InChI=1S/C24H41N3O5/c1-18-20(28)8-10-23(2,31-4)9-5-13-26(3)24(17-32-22(18)30)11-14-27(15-12-24)21(29)16-25-19-6-7-19/h18-19,25H,5-17H2,1-4H3/t18?,23-/m1/s1. The van der Waals surface area contributed by atoms with Gasteiger partial charge in [0.1, 0.15) is 18.3 Å². The van der Waals surface area contributed by atoms with Gasteiger partial charge in [0.15, 0.2) is 0 Å². The number of hydrogen-bond acceptors (Lipinski definition) is 7. The third-order valence-corrected chi connectivity index (χ3v) is 7.89. The summed E-state index contributed by atoms with van der Waals surface area (Å²) < 4.78 is 11.5. The van der Waals surface area contributed by atoms with Crippen molar-refractivity contribution < 1.29 is 23.9 Å². The van der Waals surface area contributed by atoms with Gasteiger partial charge in [-0.1, -0.05) is 0 Å². The van der Waals surface area contributed by atoms with Gasteiger partial charge in [0.2, 0.25) is 5.91 Å². The molecule has 2 atom stereocenters. The van der Waals surface area contributed by atoms with E-state index >= 15 is 0 Å². The third-order valence-electron chi connectivity index (χ3n) is 7.89. The van der Waals surface area contributed by atoms with E-state index in [1.54, 1.807) is 14.0 Å². The summed E-state index contributed by atoms with van der Waals surface area (Å²) in [5, 5.41) is 3.30. The first-order valence-corrected chi connectivity index (χ1v) is 12.1. The Morgan fingerprint density at radius 3 is 2.47 bits per heavy atom. The number of ketones is 1. The quantitative estimate of drug-likeness (QED) is 0.515. The van der Waals surface area contributed by atoms with Crippen LogP contribution in [0.25, 0.3) is 0 Å². The number of Topliss-reactive ketones (excluding diaryl/α,β-unsaturated/α-hetero) is 1. The number of rotatable bonds is 4. The van der Waals surface area contributed by atoms with Crippen molar-refractivity contribution in [2.24, 2.45) is 5.92 Å². The normalized spacial score (nSPS) is 30.9. The Balaban J connectivity index is 1.67. The minimum absolute atomic E-state index is 0.0940. The van der Waals surface area contributed by atoms with Gasteiger partial charge in [-0.15, -0.1) is 0 Å². The zero-order valence-electron chi connectivity index (χ0n) is 20.3. The molecular formula is C24H41N3O5. The van der Waals surface area contributed by atoms with Crippen molar-refractivity contribution >= 4 is 17.7 Å². The van der Waals surface area contributed by atoms with Gasteiger partial charge in [-0.2, -0.15) is 0 Å². The van der Waals surface area contributed by atoms with Crippen molar-refractivity contribution in [1.29, 1.82) is 0 Å². The zero-order valence-corrected chi connectivity index (χ0v) is 20.3. The second-order valence-electron chi connectivity index (χ2n) is 10.2. The molecule has 0 aromatic rings. The summed E-state index contributed by atoms with van der Waals surface area (Å²) in [4.78, 5) is 42.0. The second kappa shape index (κ2) is 10.6. The highest BCUT2D eigenvalue weighted by Crippen LogP contribution is 2.31. The van der Waals surface area contributed by atoms with Crippen LogP contribution in [0.4, 0.5) is 0 Å². The molecule has 2 aliphatic heterocycles. The summed E-state index contributed by atoms with van der Waals surface area (Å²) in [6.45, 7) is 6.48. The van der Waals surface area contributed by atoms with Gasteiger partial charge >= 0.3 is 5.97 Å². The van der Waals surface area contributed by atoms with Crippen LogP contribution in [0.2, 0.25) is 0 Å². The highest BCUT2D eigenvalue weighted by atomic mass is 16.5. The number of piperidine rings is 1. The lowest BCUT2D eigenvalue weighted by molar-refractivity contribution is -0.157. The lowest BCUT2D eigenvalue weighted by Crippen LogP contribution is -2.58. The average molecular weight is 452 g/mol. The van der Waals surface area contributed by atoms with E-state index < -0.39 is 11.9 Å². The number of ether oxygens (including phenoxy) is 2. The van der Waals surface area contributed by atoms with Gasteiger partial charge in [-0.3, -0.25) is 19.3 Å². The molecule has 2 saturated heterocycles. The van der Waals surface area contributed by atoms with Crippen molar-refractivity contribution in [3.8, 4) is 0 Å². The van der Waals surface area contributed by atoms with Gasteiger partial charge in [-0.25, -0.2) is 0 Å². The van der Waals surface area contributed by atoms with Crippen molar-refractivity contribution in [2.75, 3.05) is 46.9 Å². The van der Waals surface area contributed by atoms with Crippen LogP contribution < -0.4 is 5.32 Å². The van der Waals surface area contributed by atoms with Gasteiger partial charge in [0.25, 0.3) is 0 Å².